The Labute approximate surface area is 136 Å². The van der Waals surface area contributed by atoms with E-state index in [2.05, 4.69) is 20.3 Å². The summed E-state index contributed by atoms with van der Waals surface area (Å²) in [7, 11) is 3.58. The number of carbonyl (C=O) groups excluding carboxylic acids is 1. The van der Waals surface area contributed by atoms with E-state index in [0.29, 0.717) is 23.0 Å². The quantitative estimate of drug-likeness (QED) is 0.931. The highest BCUT2D eigenvalue weighted by atomic mass is 19.4. The van der Waals surface area contributed by atoms with Crippen LogP contribution in [-0.4, -0.2) is 35.0 Å². The third-order valence-electron chi connectivity index (χ3n) is 3.21. The number of nitrogens with one attached hydrogen (secondary N) is 1. The number of halogens is 3. The van der Waals surface area contributed by atoms with Crippen molar-refractivity contribution in [3.8, 4) is 0 Å². The molecule has 1 amide bonds. The lowest BCUT2D eigenvalue weighted by atomic mass is 10.2. The number of pyridine rings is 1. The molecule has 0 unspecified atom stereocenters. The Kier molecular flexibility index (Phi) is 4.72. The number of rotatable bonds is 3. The molecule has 0 radical (unpaired) electrons. The van der Waals surface area contributed by atoms with E-state index in [1.54, 1.807) is 32.8 Å². The Bertz CT molecular complexity index is 734. The molecule has 2 heterocycles. The van der Waals surface area contributed by atoms with Gasteiger partial charge in [-0.15, -0.1) is 0 Å². The summed E-state index contributed by atoms with van der Waals surface area (Å²) < 4.78 is 37.5. The summed E-state index contributed by atoms with van der Waals surface area (Å²) >= 11 is 0. The van der Waals surface area contributed by atoms with Crippen molar-refractivity contribution in [1.82, 2.24) is 15.0 Å². The SMILES string of the molecule is Cc1nc(N(C)C)nc(C)c1NC(=O)c1ccc(C(F)(F)F)nc1. The molecule has 0 spiro atoms. The first-order chi connectivity index (χ1) is 11.1. The van der Waals surface area contributed by atoms with Crippen molar-refractivity contribution in [3.05, 3.63) is 41.0 Å². The Morgan fingerprint density at radius 2 is 1.71 bits per heavy atom. The van der Waals surface area contributed by atoms with Gasteiger partial charge in [-0.2, -0.15) is 13.2 Å². The third-order valence-corrected chi connectivity index (χ3v) is 3.21. The number of anilines is 2. The lowest BCUT2D eigenvalue weighted by Gasteiger charge is -2.15. The molecule has 0 aliphatic heterocycles. The van der Waals surface area contributed by atoms with Crippen LogP contribution in [0.15, 0.2) is 18.3 Å². The zero-order valence-corrected chi connectivity index (χ0v) is 13.6. The summed E-state index contributed by atoms with van der Waals surface area (Å²) in [5, 5.41) is 2.62. The van der Waals surface area contributed by atoms with Crippen LogP contribution in [0.5, 0.6) is 0 Å². The Morgan fingerprint density at radius 3 is 2.12 bits per heavy atom. The van der Waals surface area contributed by atoms with Crippen LogP contribution in [0.25, 0.3) is 0 Å². The molecular formula is C15H16F3N5O. The Hall–Kier alpha value is -2.71. The van der Waals surface area contributed by atoms with E-state index in [4.69, 9.17) is 0 Å². The van der Waals surface area contributed by atoms with Crippen LogP contribution in [0.3, 0.4) is 0 Å². The molecule has 2 rings (SSSR count). The first-order valence-corrected chi connectivity index (χ1v) is 6.96. The van der Waals surface area contributed by atoms with Crippen molar-refractivity contribution in [2.45, 2.75) is 20.0 Å². The van der Waals surface area contributed by atoms with Crippen molar-refractivity contribution in [2.75, 3.05) is 24.3 Å². The summed E-state index contributed by atoms with van der Waals surface area (Å²) in [5.41, 5.74) is 0.493. The summed E-state index contributed by atoms with van der Waals surface area (Å²) in [5.74, 6) is -0.0807. The topological polar surface area (TPSA) is 71.0 Å². The average molecular weight is 339 g/mol. The molecule has 128 valence electrons. The van der Waals surface area contributed by atoms with Crippen molar-refractivity contribution in [1.29, 1.82) is 0 Å². The zero-order chi connectivity index (χ0) is 18.1. The van der Waals surface area contributed by atoms with Gasteiger partial charge in [-0.3, -0.25) is 9.78 Å². The normalized spacial score (nSPS) is 11.3. The summed E-state index contributed by atoms with van der Waals surface area (Å²) in [6.07, 6.45) is -3.66. The maximum atomic E-state index is 12.5. The number of alkyl halides is 3. The second-order valence-corrected chi connectivity index (χ2v) is 5.35. The predicted molar refractivity (Wildman–Crippen MR) is 83.0 cm³/mol. The van der Waals surface area contributed by atoms with Crippen LogP contribution in [0.4, 0.5) is 24.8 Å². The highest BCUT2D eigenvalue weighted by molar-refractivity contribution is 6.04. The van der Waals surface area contributed by atoms with Crippen molar-refractivity contribution in [2.24, 2.45) is 0 Å². The number of carbonyl (C=O) groups is 1. The second-order valence-electron chi connectivity index (χ2n) is 5.35. The number of nitrogens with zero attached hydrogens (tertiary/aromatic N) is 4. The van der Waals surface area contributed by atoms with E-state index in [1.807, 2.05) is 0 Å². The molecule has 0 fully saturated rings. The van der Waals surface area contributed by atoms with Crippen LogP contribution >= 0.6 is 0 Å². The predicted octanol–water partition coefficient (Wildman–Crippen LogP) is 2.83. The van der Waals surface area contributed by atoms with Crippen LogP contribution in [0.2, 0.25) is 0 Å². The van der Waals surface area contributed by atoms with Gasteiger partial charge in [0.1, 0.15) is 5.69 Å². The monoisotopic (exact) mass is 339 g/mol. The minimum Gasteiger partial charge on any atom is -0.347 e. The molecular weight excluding hydrogens is 323 g/mol. The molecule has 0 bridgehead atoms. The maximum absolute atomic E-state index is 12.5. The Morgan fingerprint density at radius 1 is 1.12 bits per heavy atom. The summed E-state index contributed by atoms with van der Waals surface area (Å²) in [4.78, 5) is 25.7. The summed E-state index contributed by atoms with van der Waals surface area (Å²) in [6.45, 7) is 3.42. The molecule has 0 saturated carbocycles. The lowest BCUT2D eigenvalue weighted by molar-refractivity contribution is -0.141. The lowest BCUT2D eigenvalue weighted by Crippen LogP contribution is -2.19. The molecule has 0 atom stereocenters. The second kappa shape index (κ2) is 6.42. The fourth-order valence-electron chi connectivity index (χ4n) is 1.96. The van der Waals surface area contributed by atoms with Crippen molar-refractivity contribution in [3.63, 3.8) is 0 Å². The van der Waals surface area contributed by atoms with Crippen molar-refractivity contribution >= 4 is 17.5 Å². The van der Waals surface area contributed by atoms with Gasteiger partial charge in [0.25, 0.3) is 5.91 Å². The number of aromatic nitrogens is 3. The third kappa shape index (κ3) is 3.79. The molecule has 6 nitrogen and oxygen atoms in total. The van der Waals surface area contributed by atoms with E-state index in [9.17, 15) is 18.0 Å². The van der Waals surface area contributed by atoms with E-state index in [1.165, 1.54) is 0 Å². The summed E-state index contributed by atoms with van der Waals surface area (Å²) in [6, 6.07) is 1.84. The largest absolute Gasteiger partial charge is 0.433 e. The smallest absolute Gasteiger partial charge is 0.347 e. The van der Waals surface area contributed by atoms with E-state index in [-0.39, 0.29) is 5.56 Å². The van der Waals surface area contributed by atoms with Crippen LogP contribution in [0, 0.1) is 13.8 Å². The van der Waals surface area contributed by atoms with Gasteiger partial charge in [0.05, 0.1) is 22.6 Å². The molecule has 9 heteroatoms. The van der Waals surface area contributed by atoms with Gasteiger partial charge in [0.15, 0.2) is 0 Å². The van der Waals surface area contributed by atoms with Gasteiger partial charge in [-0.1, -0.05) is 0 Å². The molecule has 24 heavy (non-hydrogen) atoms. The number of aryl methyl sites for hydroxylation is 2. The molecule has 0 aromatic carbocycles. The average Bonchev–Trinajstić information content (AvgIpc) is 2.49. The van der Waals surface area contributed by atoms with E-state index >= 15 is 0 Å². The number of hydrogen-bond acceptors (Lipinski definition) is 5. The molecule has 0 saturated heterocycles. The van der Waals surface area contributed by atoms with Gasteiger partial charge in [0.2, 0.25) is 5.95 Å². The molecule has 2 aromatic heterocycles. The minimum absolute atomic E-state index is 0.0125. The maximum Gasteiger partial charge on any atom is 0.433 e. The minimum atomic E-state index is -4.54. The molecule has 2 aromatic rings. The van der Waals surface area contributed by atoms with Crippen LogP contribution in [-0.2, 0) is 6.18 Å². The van der Waals surface area contributed by atoms with Gasteiger partial charge < -0.3 is 10.2 Å². The van der Waals surface area contributed by atoms with Crippen molar-refractivity contribution < 1.29 is 18.0 Å². The highest BCUT2D eigenvalue weighted by Crippen LogP contribution is 2.27. The Balaban J connectivity index is 2.24. The number of amides is 1. The molecule has 1 N–H and O–H groups in total. The first kappa shape index (κ1) is 17.6. The van der Waals surface area contributed by atoms with Gasteiger partial charge >= 0.3 is 6.18 Å². The zero-order valence-electron chi connectivity index (χ0n) is 13.6. The van der Waals surface area contributed by atoms with Crippen LogP contribution in [0.1, 0.15) is 27.4 Å². The van der Waals surface area contributed by atoms with E-state index in [0.717, 1.165) is 18.3 Å². The fourth-order valence-corrected chi connectivity index (χ4v) is 1.96. The number of hydrogen-bond donors (Lipinski definition) is 1. The van der Waals surface area contributed by atoms with E-state index < -0.39 is 17.8 Å². The highest BCUT2D eigenvalue weighted by Gasteiger charge is 2.32. The van der Waals surface area contributed by atoms with Gasteiger partial charge in [-0.25, -0.2) is 9.97 Å². The van der Waals surface area contributed by atoms with Crippen LogP contribution < -0.4 is 10.2 Å². The first-order valence-electron chi connectivity index (χ1n) is 6.96. The fraction of sp³-hybridized carbons (Fsp3) is 0.333. The standard InChI is InChI=1S/C15H16F3N5O/c1-8-12(9(2)21-14(20-8)23(3)4)22-13(24)10-5-6-11(19-7-10)15(16,17)18/h5-7H,1-4H3,(H,22,24). The van der Waals surface area contributed by atoms with Gasteiger partial charge in [-0.05, 0) is 26.0 Å². The molecule has 0 aliphatic carbocycles. The molecule has 0 aliphatic rings. The van der Waals surface area contributed by atoms with Gasteiger partial charge in [0, 0.05) is 20.3 Å².